The van der Waals surface area contributed by atoms with Crippen molar-refractivity contribution in [1.82, 2.24) is 14.9 Å². The summed E-state index contributed by atoms with van der Waals surface area (Å²) in [6.07, 6.45) is 0.206. The smallest absolute Gasteiger partial charge is 0.210 e. The third kappa shape index (κ3) is 4.73. The molecule has 7 heteroatoms. The average Bonchev–Trinajstić information content (AvgIpc) is 3.13. The van der Waals surface area contributed by atoms with Crippen molar-refractivity contribution >= 4 is 17.5 Å². The molecule has 1 aromatic heterocycles. The Morgan fingerprint density at radius 2 is 1.59 bits per heavy atom. The number of carbonyl (C=O) groups is 1. The fraction of sp³-hybridized carbons (Fsp3) is 0.160. The fourth-order valence-electron chi connectivity index (χ4n) is 3.31. The Kier molecular flexibility index (Phi) is 6.37. The zero-order valence-electron chi connectivity index (χ0n) is 17.8. The van der Waals surface area contributed by atoms with Crippen molar-refractivity contribution in [2.24, 2.45) is 0 Å². The quantitative estimate of drug-likeness (QED) is 0.244. The highest BCUT2D eigenvalue weighted by atomic mass is 32.2. The summed E-state index contributed by atoms with van der Waals surface area (Å²) in [7, 11) is 0. The molecule has 3 aromatic carbocycles. The number of nitrogens with two attached hydrogens (primary N) is 1. The number of halogens is 1. The molecular weight excluding hydrogens is 423 g/mol. The number of carbonyl (C=O) groups excluding carboxylic acids is 1. The second-order valence-electron chi connectivity index (χ2n) is 7.68. The molecule has 0 saturated heterocycles. The minimum Gasteiger partial charge on any atom is -0.336 e. The summed E-state index contributed by atoms with van der Waals surface area (Å²) in [5, 5.41) is 8.18. The van der Waals surface area contributed by atoms with Gasteiger partial charge in [0.1, 0.15) is 11.1 Å². The van der Waals surface area contributed by atoms with E-state index in [0.717, 1.165) is 16.7 Å². The predicted octanol–water partition coefficient (Wildman–Crippen LogP) is 5.05. The molecule has 1 atom stereocenters. The first-order chi connectivity index (χ1) is 15.4. The summed E-state index contributed by atoms with van der Waals surface area (Å²) in [5.41, 5.74) is 4.14. The zero-order chi connectivity index (χ0) is 22.7. The lowest BCUT2D eigenvalue weighted by atomic mass is 10.0. The molecule has 162 valence electrons. The molecule has 0 bridgehead atoms. The molecule has 0 unspecified atom stereocenters. The maximum atomic E-state index is 14.1. The predicted molar refractivity (Wildman–Crippen MR) is 125 cm³/mol. The molecule has 2 N–H and O–H groups in total. The number of hydrogen-bond donors (Lipinski definition) is 1. The van der Waals surface area contributed by atoms with E-state index in [1.807, 2.05) is 62.4 Å². The summed E-state index contributed by atoms with van der Waals surface area (Å²) in [4.78, 5) is 13.4. The maximum Gasteiger partial charge on any atom is 0.210 e. The minimum absolute atomic E-state index is 0.0440. The van der Waals surface area contributed by atoms with Crippen molar-refractivity contribution < 1.29 is 9.18 Å². The zero-order valence-corrected chi connectivity index (χ0v) is 18.6. The van der Waals surface area contributed by atoms with E-state index >= 15 is 0 Å². The second kappa shape index (κ2) is 9.36. The normalized spacial score (nSPS) is 12.0. The van der Waals surface area contributed by atoms with Crippen LogP contribution in [0.4, 0.5) is 4.39 Å². The number of Topliss-reactive ketones (excluding diaryl/α,β-unsaturated/α-hetero) is 1. The first-order valence-electron chi connectivity index (χ1n) is 10.2. The van der Waals surface area contributed by atoms with Gasteiger partial charge in [0.2, 0.25) is 5.16 Å². The summed E-state index contributed by atoms with van der Waals surface area (Å²) in [5.74, 6) is 6.30. The van der Waals surface area contributed by atoms with Gasteiger partial charge >= 0.3 is 0 Å². The van der Waals surface area contributed by atoms with Crippen LogP contribution in [0.3, 0.4) is 0 Å². The Bertz CT molecular complexity index is 1240. The van der Waals surface area contributed by atoms with Crippen molar-refractivity contribution in [3.63, 3.8) is 0 Å². The molecular formula is C25H23FN4OS. The van der Waals surface area contributed by atoms with Crippen LogP contribution in [0, 0.1) is 19.7 Å². The van der Waals surface area contributed by atoms with Crippen LogP contribution in [-0.4, -0.2) is 20.7 Å². The van der Waals surface area contributed by atoms with Gasteiger partial charge in [-0.05, 0) is 31.0 Å². The van der Waals surface area contributed by atoms with Gasteiger partial charge in [-0.1, -0.05) is 89.6 Å². The van der Waals surface area contributed by atoms with E-state index < -0.39 is 5.25 Å². The second-order valence-corrected chi connectivity index (χ2v) is 8.75. The molecule has 0 saturated carbocycles. The van der Waals surface area contributed by atoms with E-state index in [0.29, 0.717) is 22.1 Å². The molecule has 0 aliphatic heterocycles. The van der Waals surface area contributed by atoms with E-state index in [9.17, 15) is 9.18 Å². The fourth-order valence-corrected chi connectivity index (χ4v) is 4.36. The Hall–Kier alpha value is -3.45. The number of rotatable bonds is 7. The van der Waals surface area contributed by atoms with Gasteiger partial charge < -0.3 is 5.84 Å². The van der Waals surface area contributed by atoms with E-state index in [-0.39, 0.29) is 18.0 Å². The lowest BCUT2D eigenvalue weighted by molar-refractivity contribution is 0.0989. The highest BCUT2D eigenvalue weighted by Gasteiger charge is 2.26. The highest BCUT2D eigenvalue weighted by Crippen LogP contribution is 2.37. The largest absolute Gasteiger partial charge is 0.336 e. The molecule has 4 aromatic rings. The Labute approximate surface area is 190 Å². The van der Waals surface area contributed by atoms with Gasteiger partial charge in [-0.25, -0.2) is 9.07 Å². The Balaban J connectivity index is 1.65. The molecule has 4 rings (SSSR count). The molecule has 0 spiro atoms. The highest BCUT2D eigenvalue weighted by molar-refractivity contribution is 8.00. The van der Waals surface area contributed by atoms with E-state index in [4.69, 9.17) is 5.84 Å². The molecule has 0 aliphatic carbocycles. The molecule has 32 heavy (non-hydrogen) atoms. The molecule has 1 heterocycles. The van der Waals surface area contributed by atoms with Crippen LogP contribution >= 0.6 is 11.8 Å². The molecule has 0 fully saturated rings. The van der Waals surface area contributed by atoms with Crippen LogP contribution in [0.15, 0.2) is 78.0 Å². The van der Waals surface area contributed by atoms with Crippen LogP contribution in [0.2, 0.25) is 0 Å². The van der Waals surface area contributed by atoms with Crippen LogP contribution < -0.4 is 5.84 Å². The number of hydrogen-bond acceptors (Lipinski definition) is 5. The van der Waals surface area contributed by atoms with Crippen molar-refractivity contribution in [2.45, 2.75) is 30.7 Å². The number of nitrogen functional groups attached to an aromatic ring is 1. The lowest BCUT2D eigenvalue weighted by Gasteiger charge is -2.16. The van der Waals surface area contributed by atoms with Crippen molar-refractivity contribution in [1.29, 1.82) is 0 Å². The van der Waals surface area contributed by atoms with E-state index in [1.54, 1.807) is 18.2 Å². The number of nitrogens with zero attached hydrogens (tertiary/aromatic N) is 3. The topological polar surface area (TPSA) is 73.8 Å². The number of aryl methyl sites for hydroxylation is 2. The summed E-state index contributed by atoms with van der Waals surface area (Å²) < 4.78 is 15.4. The van der Waals surface area contributed by atoms with Gasteiger partial charge in [0.15, 0.2) is 11.6 Å². The number of ketones is 1. The third-order valence-corrected chi connectivity index (χ3v) is 6.43. The van der Waals surface area contributed by atoms with Gasteiger partial charge in [-0.15, -0.1) is 10.2 Å². The van der Waals surface area contributed by atoms with Crippen LogP contribution in [0.1, 0.15) is 43.7 Å². The Morgan fingerprint density at radius 1 is 0.969 bits per heavy atom. The van der Waals surface area contributed by atoms with Gasteiger partial charge in [0, 0.05) is 12.0 Å². The summed E-state index contributed by atoms with van der Waals surface area (Å²) >= 11 is 1.24. The number of thioether (sulfide) groups is 1. The van der Waals surface area contributed by atoms with Crippen molar-refractivity contribution in [3.8, 4) is 0 Å². The molecule has 5 nitrogen and oxygen atoms in total. The van der Waals surface area contributed by atoms with Gasteiger partial charge in [0.25, 0.3) is 0 Å². The SMILES string of the molecule is Cc1ccc(C(=O)[C@@H](Sc2nnc(Cc3ccccc3F)n2N)c2ccc(C)cc2)cc1. The van der Waals surface area contributed by atoms with Gasteiger partial charge in [-0.2, -0.15) is 0 Å². The first-order valence-corrected chi connectivity index (χ1v) is 11.1. The Morgan fingerprint density at radius 3 is 2.25 bits per heavy atom. The summed E-state index contributed by atoms with van der Waals surface area (Å²) in [6.45, 7) is 3.98. The van der Waals surface area contributed by atoms with Crippen molar-refractivity contribution in [2.75, 3.05) is 5.84 Å². The van der Waals surface area contributed by atoms with Crippen LogP contribution in [0.5, 0.6) is 0 Å². The monoisotopic (exact) mass is 446 g/mol. The molecule has 0 amide bonds. The number of aromatic nitrogens is 3. The minimum atomic E-state index is -0.550. The number of benzene rings is 3. The van der Waals surface area contributed by atoms with Gasteiger partial charge in [-0.3, -0.25) is 4.79 Å². The van der Waals surface area contributed by atoms with Crippen molar-refractivity contribution in [3.05, 3.63) is 112 Å². The summed E-state index contributed by atoms with van der Waals surface area (Å²) in [6, 6.07) is 21.8. The first kappa shape index (κ1) is 21.8. The molecule has 0 aliphatic rings. The van der Waals surface area contributed by atoms with E-state index in [1.165, 1.54) is 22.5 Å². The average molecular weight is 447 g/mol. The molecule has 0 radical (unpaired) electrons. The van der Waals surface area contributed by atoms with Crippen LogP contribution in [-0.2, 0) is 6.42 Å². The van der Waals surface area contributed by atoms with E-state index in [2.05, 4.69) is 10.2 Å². The van der Waals surface area contributed by atoms with Crippen LogP contribution in [0.25, 0.3) is 0 Å². The lowest BCUT2D eigenvalue weighted by Crippen LogP contribution is -2.17. The standard InChI is InChI=1S/C25H23FN4OS/c1-16-7-11-18(12-8-16)23(31)24(19-13-9-17(2)10-14-19)32-25-29-28-22(30(25)27)15-20-5-3-4-6-21(20)26/h3-14,24H,15,27H2,1-2H3/t24-/m0/s1. The third-order valence-electron chi connectivity index (χ3n) is 5.22. The maximum absolute atomic E-state index is 14.1. The van der Waals surface area contributed by atoms with Gasteiger partial charge in [0.05, 0.1) is 0 Å².